The minimum absolute atomic E-state index is 0.0336. The molecule has 0 bridgehead atoms. The zero-order valence-electron chi connectivity index (χ0n) is 17.9. The number of halogens is 2. The summed E-state index contributed by atoms with van der Waals surface area (Å²) in [6.07, 6.45) is 3.56. The average Bonchev–Trinajstić information content (AvgIpc) is 3.35. The summed E-state index contributed by atoms with van der Waals surface area (Å²) in [5.41, 5.74) is 1.87. The highest BCUT2D eigenvalue weighted by Gasteiger charge is 2.21. The Morgan fingerprint density at radius 1 is 1.33 bits per heavy atom. The summed E-state index contributed by atoms with van der Waals surface area (Å²) in [5, 5.41) is 3.55. The number of aryl methyl sites for hydroxylation is 2. The fourth-order valence-corrected chi connectivity index (χ4v) is 5.81. The minimum Gasteiger partial charge on any atom is -0.493 e. The highest BCUT2D eigenvalue weighted by Crippen LogP contribution is 2.34. The lowest BCUT2D eigenvalue weighted by Crippen LogP contribution is -2.27. The molecule has 0 saturated carbocycles. The number of hydrogen-bond acceptors (Lipinski definition) is 7. The molecule has 1 amide bonds. The standard InChI is InChI=1S/C22H23F2N3O4S2/c1-30-15-9-12(5-6-14(15)31-22(23)24)7-8-25-18(28)11-32-10-17-26-20(29)19-13-3-2-4-16(13)33-21(19)27-17/h5-6,9,22H,2-4,7-8,10-11H2,1H3,(H,25,28)(H,26,27,29). The van der Waals surface area contributed by atoms with Crippen molar-refractivity contribution in [2.45, 2.75) is 38.0 Å². The quantitative estimate of drug-likeness (QED) is 0.446. The second-order valence-electron chi connectivity index (χ2n) is 7.51. The summed E-state index contributed by atoms with van der Waals surface area (Å²) >= 11 is 2.97. The molecular weight excluding hydrogens is 472 g/mol. The predicted molar refractivity (Wildman–Crippen MR) is 125 cm³/mol. The van der Waals surface area contributed by atoms with E-state index in [2.05, 4.69) is 20.0 Å². The van der Waals surface area contributed by atoms with Gasteiger partial charge in [-0.1, -0.05) is 6.07 Å². The number of aromatic amines is 1. The lowest BCUT2D eigenvalue weighted by Gasteiger charge is -2.11. The maximum Gasteiger partial charge on any atom is 0.387 e. The molecular formula is C22H23F2N3O4S2. The van der Waals surface area contributed by atoms with Crippen molar-refractivity contribution in [3.8, 4) is 11.5 Å². The SMILES string of the molecule is COc1cc(CCNC(=O)CSCc2nc3sc4c(c3c(=O)[nH]2)CCC4)ccc1OC(F)F. The second kappa shape index (κ2) is 10.5. The number of methoxy groups -OCH3 is 1. The van der Waals surface area contributed by atoms with Crippen LogP contribution in [0.25, 0.3) is 10.2 Å². The van der Waals surface area contributed by atoms with Crippen LogP contribution in [-0.2, 0) is 29.8 Å². The van der Waals surface area contributed by atoms with E-state index in [0.29, 0.717) is 24.5 Å². The number of ether oxygens (including phenoxy) is 2. The van der Waals surface area contributed by atoms with Gasteiger partial charge in [0.05, 0.1) is 24.0 Å². The normalized spacial score (nSPS) is 12.8. The number of amides is 1. The van der Waals surface area contributed by atoms with Gasteiger partial charge in [0.25, 0.3) is 5.56 Å². The van der Waals surface area contributed by atoms with Gasteiger partial charge in [-0.25, -0.2) is 4.98 Å². The summed E-state index contributed by atoms with van der Waals surface area (Å²) in [4.78, 5) is 34.1. The maximum absolute atomic E-state index is 12.5. The van der Waals surface area contributed by atoms with Gasteiger partial charge < -0.3 is 19.8 Å². The van der Waals surface area contributed by atoms with Crippen LogP contribution >= 0.6 is 23.1 Å². The number of nitrogens with zero attached hydrogens (tertiary/aromatic N) is 1. The van der Waals surface area contributed by atoms with Crippen LogP contribution in [0.5, 0.6) is 11.5 Å². The summed E-state index contributed by atoms with van der Waals surface area (Å²) in [5.74, 6) is 1.28. The highest BCUT2D eigenvalue weighted by molar-refractivity contribution is 7.99. The Labute approximate surface area is 196 Å². The highest BCUT2D eigenvalue weighted by atomic mass is 32.2. The fourth-order valence-electron chi connectivity index (χ4n) is 3.81. The molecule has 1 aromatic carbocycles. The van der Waals surface area contributed by atoms with Gasteiger partial charge >= 0.3 is 6.61 Å². The number of rotatable bonds is 10. The molecule has 2 heterocycles. The van der Waals surface area contributed by atoms with Gasteiger partial charge in [0, 0.05) is 11.4 Å². The first kappa shape index (κ1) is 23.5. The first-order chi connectivity index (χ1) is 15.9. The van der Waals surface area contributed by atoms with E-state index in [-0.39, 0.29) is 28.7 Å². The molecule has 2 aromatic heterocycles. The Balaban J connectivity index is 1.24. The van der Waals surface area contributed by atoms with Gasteiger partial charge in [-0.15, -0.1) is 23.1 Å². The number of H-pyrrole nitrogens is 1. The number of thioether (sulfide) groups is 1. The molecule has 33 heavy (non-hydrogen) atoms. The molecule has 0 radical (unpaired) electrons. The van der Waals surface area contributed by atoms with Crippen LogP contribution in [0.1, 0.15) is 28.2 Å². The molecule has 7 nitrogen and oxygen atoms in total. The summed E-state index contributed by atoms with van der Waals surface area (Å²) in [6.45, 7) is -2.54. The van der Waals surface area contributed by atoms with Crippen LogP contribution in [0.3, 0.4) is 0 Å². The minimum atomic E-state index is -2.93. The first-order valence-corrected chi connectivity index (χ1v) is 12.4. The molecule has 0 spiro atoms. The van der Waals surface area contributed by atoms with Gasteiger partial charge in [-0.3, -0.25) is 9.59 Å². The fraction of sp³-hybridized carbons (Fsp3) is 0.409. The topological polar surface area (TPSA) is 93.3 Å². The van der Waals surface area contributed by atoms with Gasteiger partial charge in [0.1, 0.15) is 10.7 Å². The average molecular weight is 496 g/mol. The van der Waals surface area contributed by atoms with Crippen molar-refractivity contribution in [2.24, 2.45) is 0 Å². The van der Waals surface area contributed by atoms with E-state index in [1.165, 1.54) is 29.8 Å². The number of aromatic nitrogens is 2. The molecule has 4 rings (SSSR count). The number of carbonyl (C=O) groups is 1. The molecule has 11 heteroatoms. The largest absolute Gasteiger partial charge is 0.493 e. The van der Waals surface area contributed by atoms with Crippen molar-refractivity contribution in [3.05, 3.63) is 50.4 Å². The van der Waals surface area contributed by atoms with Crippen LogP contribution in [0.4, 0.5) is 8.78 Å². The van der Waals surface area contributed by atoms with E-state index < -0.39 is 6.61 Å². The van der Waals surface area contributed by atoms with Crippen molar-refractivity contribution >= 4 is 39.2 Å². The number of carbonyl (C=O) groups excluding carboxylic acids is 1. The molecule has 0 aliphatic heterocycles. The van der Waals surface area contributed by atoms with Crippen LogP contribution in [0.15, 0.2) is 23.0 Å². The molecule has 3 aromatic rings. The Morgan fingerprint density at radius 2 is 2.18 bits per heavy atom. The third kappa shape index (κ3) is 5.64. The van der Waals surface area contributed by atoms with Crippen molar-refractivity contribution in [2.75, 3.05) is 19.4 Å². The van der Waals surface area contributed by atoms with Crippen molar-refractivity contribution in [1.82, 2.24) is 15.3 Å². The van der Waals surface area contributed by atoms with Crippen LogP contribution in [-0.4, -0.2) is 41.9 Å². The van der Waals surface area contributed by atoms with E-state index in [0.717, 1.165) is 40.6 Å². The molecule has 2 N–H and O–H groups in total. The van der Waals surface area contributed by atoms with Crippen molar-refractivity contribution in [3.63, 3.8) is 0 Å². The number of benzene rings is 1. The number of alkyl halides is 2. The smallest absolute Gasteiger partial charge is 0.387 e. The molecule has 176 valence electrons. The van der Waals surface area contributed by atoms with E-state index in [1.807, 2.05) is 0 Å². The number of hydrogen-bond donors (Lipinski definition) is 2. The van der Waals surface area contributed by atoms with E-state index in [4.69, 9.17) is 4.74 Å². The van der Waals surface area contributed by atoms with E-state index in [1.54, 1.807) is 23.5 Å². The summed E-state index contributed by atoms with van der Waals surface area (Å²) in [7, 11) is 1.38. The monoisotopic (exact) mass is 495 g/mol. The maximum atomic E-state index is 12.5. The Hall–Kier alpha value is -2.66. The zero-order valence-corrected chi connectivity index (χ0v) is 19.5. The Bertz CT molecular complexity index is 1210. The van der Waals surface area contributed by atoms with E-state index >= 15 is 0 Å². The third-order valence-electron chi connectivity index (χ3n) is 5.28. The number of nitrogens with one attached hydrogen (secondary N) is 2. The van der Waals surface area contributed by atoms with Crippen molar-refractivity contribution in [1.29, 1.82) is 0 Å². The van der Waals surface area contributed by atoms with Gasteiger partial charge in [0.2, 0.25) is 5.91 Å². The molecule has 0 fully saturated rings. The lowest BCUT2D eigenvalue weighted by atomic mass is 10.1. The van der Waals surface area contributed by atoms with Crippen LogP contribution in [0.2, 0.25) is 0 Å². The predicted octanol–water partition coefficient (Wildman–Crippen LogP) is 3.68. The third-order valence-corrected chi connectivity index (χ3v) is 7.41. The molecule has 1 aliphatic rings. The first-order valence-electron chi connectivity index (χ1n) is 10.4. The van der Waals surface area contributed by atoms with Crippen LogP contribution < -0.4 is 20.3 Å². The second-order valence-corrected chi connectivity index (χ2v) is 9.58. The van der Waals surface area contributed by atoms with Crippen LogP contribution in [0, 0.1) is 0 Å². The lowest BCUT2D eigenvalue weighted by molar-refractivity contribution is -0.118. The van der Waals surface area contributed by atoms with Gasteiger partial charge in [0.15, 0.2) is 11.5 Å². The summed E-state index contributed by atoms with van der Waals surface area (Å²) < 4.78 is 34.3. The number of fused-ring (bicyclic) bond motifs is 3. The molecule has 0 saturated heterocycles. The van der Waals surface area contributed by atoms with Gasteiger partial charge in [-0.2, -0.15) is 8.78 Å². The van der Waals surface area contributed by atoms with Crippen molar-refractivity contribution < 1.29 is 23.0 Å². The Kier molecular flexibility index (Phi) is 7.49. The van der Waals surface area contributed by atoms with Gasteiger partial charge in [-0.05, 0) is 48.9 Å². The molecule has 0 unspecified atom stereocenters. The Morgan fingerprint density at radius 3 is 2.97 bits per heavy atom. The van der Waals surface area contributed by atoms with E-state index in [9.17, 15) is 18.4 Å². The summed E-state index contributed by atoms with van der Waals surface area (Å²) in [6, 6.07) is 4.68. The molecule has 1 aliphatic carbocycles. The number of thiophene rings is 1. The zero-order chi connectivity index (χ0) is 23.4. The molecule has 0 atom stereocenters.